The van der Waals surface area contributed by atoms with Crippen molar-refractivity contribution in [1.29, 1.82) is 0 Å². The molecule has 1 aromatic carbocycles. The summed E-state index contributed by atoms with van der Waals surface area (Å²) in [6.07, 6.45) is 0. The molecule has 0 saturated carbocycles. The van der Waals surface area contributed by atoms with Crippen LogP contribution in [-0.4, -0.2) is 23.2 Å². The third kappa shape index (κ3) is 2.89. The van der Waals surface area contributed by atoms with E-state index in [0.717, 1.165) is 0 Å². The molecule has 21 heavy (non-hydrogen) atoms. The summed E-state index contributed by atoms with van der Waals surface area (Å²) in [5.74, 6) is -1.74. The van der Waals surface area contributed by atoms with Crippen molar-refractivity contribution in [2.24, 2.45) is 0 Å². The van der Waals surface area contributed by atoms with Gasteiger partial charge >= 0.3 is 5.97 Å². The highest BCUT2D eigenvalue weighted by Crippen LogP contribution is 2.32. The first-order chi connectivity index (χ1) is 9.74. The summed E-state index contributed by atoms with van der Waals surface area (Å²) in [5, 5.41) is 9.22. The van der Waals surface area contributed by atoms with Crippen molar-refractivity contribution in [3.63, 3.8) is 0 Å². The van der Waals surface area contributed by atoms with Crippen molar-refractivity contribution >= 4 is 5.97 Å². The van der Waals surface area contributed by atoms with Gasteiger partial charge in [0.05, 0.1) is 7.11 Å². The largest absolute Gasteiger partial charge is 0.494 e. The van der Waals surface area contributed by atoms with Gasteiger partial charge in [-0.3, -0.25) is 0 Å². The fourth-order valence-electron chi connectivity index (χ4n) is 1.89. The molecule has 0 aliphatic rings. The Morgan fingerprint density at radius 2 is 2.05 bits per heavy atom. The normalized spacial score (nSPS) is 11.5. The predicted octanol–water partition coefficient (Wildman–Crippen LogP) is 3.49. The molecule has 0 atom stereocenters. The summed E-state index contributed by atoms with van der Waals surface area (Å²) >= 11 is 0. The first-order valence-corrected chi connectivity index (χ1v) is 6.32. The van der Waals surface area contributed by atoms with Gasteiger partial charge in [0.15, 0.2) is 11.6 Å². The highest BCUT2D eigenvalue weighted by Gasteiger charge is 2.29. The lowest BCUT2D eigenvalue weighted by atomic mass is 9.91. The lowest BCUT2D eigenvalue weighted by Gasteiger charge is -2.14. The summed E-state index contributed by atoms with van der Waals surface area (Å²) < 4.78 is 23.7. The van der Waals surface area contributed by atoms with Crippen LogP contribution in [0.5, 0.6) is 5.75 Å². The quantitative estimate of drug-likeness (QED) is 0.937. The third-order valence-electron chi connectivity index (χ3n) is 2.93. The fourth-order valence-corrected chi connectivity index (χ4v) is 1.89. The summed E-state index contributed by atoms with van der Waals surface area (Å²) in [7, 11) is 1.35. The van der Waals surface area contributed by atoms with Crippen LogP contribution in [0.4, 0.5) is 4.39 Å². The predicted molar refractivity (Wildman–Crippen MR) is 74.1 cm³/mol. The molecule has 6 heteroatoms. The monoisotopic (exact) mass is 293 g/mol. The highest BCUT2D eigenvalue weighted by atomic mass is 19.1. The molecule has 5 nitrogen and oxygen atoms in total. The molecule has 112 valence electrons. The number of halogens is 1. The van der Waals surface area contributed by atoms with Crippen molar-refractivity contribution in [2.45, 2.75) is 26.2 Å². The third-order valence-corrected chi connectivity index (χ3v) is 2.93. The standard InChI is InChI=1S/C15H16FNO4/c1-15(2,3)12-11(14(18)19)21-13(17-12)8-5-6-9(16)10(7-8)20-4/h5-7H,1-4H3,(H,18,19). The van der Waals surface area contributed by atoms with Gasteiger partial charge in [-0.1, -0.05) is 20.8 Å². The molecule has 2 rings (SSSR count). The van der Waals surface area contributed by atoms with Crippen molar-refractivity contribution in [2.75, 3.05) is 7.11 Å². The number of rotatable bonds is 3. The second kappa shape index (κ2) is 5.20. The minimum atomic E-state index is -1.19. The van der Waals surface area contributed by atoms with E-state index in [1.54, 1.807) is 0 Å². The maximum Gasteiger partial charge on any atom is 0.373 e. The van der Waals surface area contributed by atoms with Crippen LogP contribution in [0, 0.1) is 5.82 Å². The van der Waals surface area contributed by atoms with Crippen molar-refractivity contribution in [3.05, 3.63) is 35.5 Å². The maximum atomic E-state index is 13.4. The average Bonchev–Trinajstić information content (AvgIpc) is 2.84. The minimum absolute atomic E-state index is 0.0416. The molecule has 1 heterocycles. The molecule has 0 saturated heterocycles. The van der Waals surface area contributed by atoms with E-state index in [-0.39, 0.29) is 17.4 Å². The summed E-state index contributed by atoms with van der Waals surface area (Å²) in [4.78, 5) is 15.5. The van der Waals surface area contributed by atoms with E-state index in [4.69, 9.17) is 9.15 Å². The number of ether oxygens (including phenoxy) is 1. The fraction of sp³-hybridized carbons (Fsp3) is 0.333. The zero-order chi connectivity index (χ0) is 15.8. The van der Waals surface area contributed by atoms with Gasteiger partial charge in [0.2, 0.25) is 11.7 Å². The molecule has 0 radical (unpaired) electrons. The van der Waals surface area contributed by atoms with Crippen LogP contribution in [-0.2, 0) is 5.41 Å². The number of hydrogen-bond acceptors (Lipinski definition) is 4. The molecule has 0 fully saturated rings. The molecule has 0 amide bonds. The first kappa shape index (κ1) is 15.0. The number of carboxylic acid groups (broad SMARTS) is 1. The molecular formula is C15H16FNO4. The molecule has 2 aromatic rings. The Bertz CT molecular complexity index is 685. The first-order valence-electron chi connectivity index (χ1n) is 6.32. The van der Waals surface area contributed by atoms with Gasteiger partial charge in [-0.2, -0.15) is 0 Å². The van der Waals surface area contributed by atoms with Gasteiger partial charge in [-0.25, -0.2) is 14.2 Å². The van der Waals surface area contributed by atoms with Crippen molar-refractivity contribution < 1.29 is 23.4 Å². The van der Waals surface area contributed by atoms with E-state index in [2.05, 4.69) is 4.98 Å². The van der Waals surface area contributed by atoms with Crippen LogP contribution < -0.4 is 4.74 Å². The number of carbonyl (C=O) groups is 1. The maximum absolute atomic E-state index is 13.4. The molecule has 0 spiro atoms. The Kier molecular flexibility index (Phi) is 3.72. The Morgan fingerprint density at radius 1 is 1.38 bits per heavy atom. The number of hydrogen-bond donors (Lipinski definition) is 1. The molecular weight excluding hydrogens is 277 g/mol. The van der Waals surface area contributed by atoms with E-state index < -0.39 is 17.2 Å². The van der Waals surface area contributed by atoms with E-state index in [0.29, 0.717) is 11.3 Å². The Morgan fingerprint density at radius 3 is 2.52 bits per heavy atom. The Hall–Kier alpha value is -2.37. The lowest BCUT2D eigenvalue weighted by molar-refractivity contribution is 0.0659. The number of aromatic nitrogens is 1. The summed E-state index contributed by atoms with van der Waals surface area (Å²) in [5.41, 5.74) is 0.305. The molecule has 1 aromatic heterocycles. The molecule has 0 aliphatic carbocycles. The smallest absolute Gasteiger partial charge is 0.373 e. The van der Waals surface area contributed by atoms with E-state index in [1.807, 2.05) is 20.8 Å². The van der Waals surface area contributed by atoms with Gasteiger partial charge in [-0.15, -0.1) is 0 Å². The molecule has 1 N–H and O–H groups in total. The number of nitrogens with zero attached hydrogens (tertiary/aromatic N) is 1. The van der Waals surface area contributed by atoms with Crippen LogP contribution >= 0.6 is 0 Å². The number of benzene rings is 1. The van der Waals surface area contributed by atoms with Crippen molar-refractivity contribution in [3.8, 4) is 17.2 Å². The van der Waals surface area contributed by atoms with Crippen LogP contribution in [0.15, 0.2) is 22.6 Å². The van der Waals surface area contributed by atoms with Gasteiger partial charge < -0.3 is 14.3 Å². The van der Waals surface area contributed by atoms with Crippen molar-refractivity contribution in [1.82, 2.24) is 4.98 Å². The highest BCUT2D eigenvalue weighted by molar-refractivity contribution is 5.86. The molecule has 0 aliphatic heterocycles. The van der Waals surface area contributed by atoms with E-state index >= 15 is 0 Å². The van der Waals surface area contributed by atoms with E-state index in [9.17, 15) is 14.3 Å². The van der Waals surface area contributed by atoms with E-state index in [1.165, 1.54) is 25.3 Å². The SMILES string of the molecule is COc1cc(-c2nc(C(C)(C)C)c(C(=O)O)o2)ccc1F. The zero-order valence-electron chi connectivity index (χ0n) is 12.2. The van der Waals surface area contributed by atoms with Crippen LogP contribution in [0.25, 0.3) is 11.5 Å². The summed E-state index contributed by atoms with van der Waals surface area (Å²) in [6, 6.07) is 4.09. The Balaban J connectivity index is 2.58. The number of carboxylic acids is 1. The topological polar surface area (TPSA) is 72.6 Å². The van der Waals surface area contributed by atoms with Gasteiger partial charge in [0.25, 0.3) is 0 Å². The van der Waals surface area contributed by atoms with Crippen LogP contribution in [0.2, 0.25) is 0 Å². The number of methoxy groups -OCH3 is 1. The van der Waals surface area contributed by atoms with Gasteiger partial charge in [0.1, 0.15) is 5.69 Å². The van der Waals surface area contributed by atoms with Gasteiger partial charge in [0, 0.05) is 11.0 Å². The second-order valence-corrected chi connectivity index (χ2v) is 5.60. The number of aromatic carboxylic acids is 1. The van der Waals surface area contributed by atoms with Crippen LogP contribution in [0.3, 0.4) is 0 Å². The average molecular weight is 293 g/mol. The lowest BCUT2D eigenvalue weighted by Crippen LogP contribution is -2.16. The summed E-state index contributed by atoms with van der Waals surface area (Å²) in [6.45, 7) is 5.52. The Labute approximate surface area is 121 Å². The second-order valence-electron chi connectivity index (χ2n) is 5.60. The van der Waals surface area contributed by atoms with Crippen LogP contribution in [0.1, 0.15) is 37.0 Å². The minimum Gasteiger partial charge on any atom is -0.494 e. The molecule has 0 bridgehead atoms. The zero-order valence-corrected chi connectivity index (χ0v) is 12.2. The van der Waals surface area contributed by atoms with Gasteiger partial charge in [-0.05, 0) is 18.2 Å². The molecule has 0 unspecified atom stereocenters. The number of oxazole rings is 1.